The Bertz CT molecular complexity index is 1050. The maximum atomic E-state index is 13.0. The van der Waals surface area contributed by atoms with Crippen molar-refractivity contribution in [1.29, 1.82) is 0 Å². The topological polar surface area (TPSA) is 55.3 Å². The highest BCUT2D eigenvalue weighted by Crippen LogP contribution is 2.35. The Morgan fingerprint density at radius 2 is 1.70 bits per heavy atom. The molecule has 0 bridgehead atoms. The summed E-state index contributed by atoms with van der Waals surface area (Å²) in [6.45, 7) is 0.867. The molecule has 0 amide bonds. The number of alkyl halides is 3. The summed E-state index contributed by atoms with van der Waals surface area (Å²) in [7, 11) is 0. The monoisotopic (exact) mass is 475 g/mol. The minimum atomic E-state index is -4.50. The summed E-state index contributed by atoms with van der Waals surface area (Å²) in [4.78, 5) is 22.7. The highest BCUT2D eigenvalue weighted by molar-refractivity contribution is 6.33. The number of hydrogen-bond acceptors (Lipinski definition) is 5. The number of carbonyl (C=O) groups excluding carboxylic acids is 1. The number of rotatable bonds is 5. The van der Waals surface area contributed by atoms with Gasteiger partial charge in [0, 0.05) is 37.2 Å². The first-order valence-electron chi connectivity index (χ1n) is 10.5. The van der Waals surface area contributed by atoms with Crippen molar-refractivity contribution in [2.75, 3.05) is 18.0 Å². The Kier molecular flexibility index (Phi) is 6.83. The summed E-state index contributed by atoms with van der Waals surface area (Å²) in [6.07, 6.45) is -0.00955. The van der Waals surface area contributed by atoms with Crippen molar-refractivity contribution in [2.24, 2.45) is 5.92 Å². The molecule has 3 heterocycles. The molecule has 5 nitrogen and oxygen atoms in total. The van der Waals surface area contributed by atoms with Gasteiger partial charge in [-0.1, -0.05) is 41.9 Å². The van der Waals surface area contributed by atoms with E-state index in [2.05, 4.69) is 9.97 Å². The summed E-state index contributed by atoms with van der Waals surface area (Å²) in [5.74, 6) is -0.357. The smallest absolute Gasteiger partial charge is 0.417 e. The van der Waals surface area contributed by atoms with E-state index >= 15 is 0 Å². The number of nitrogens with zero attached hydrogens (tertiary/aromatic N) is 3. The summed E-state index contributed by atoms with van der Waals surface area (Å²) in [5.41, 5.74) is 0.788. The third-order valence-electron chi connectivity index (χ3n) is 5.62. The number of esters is 1. The van der Waals surface area contributed by atoms with Crippen LogP contribution < -0.4 is 4.90 Å². The Morgan fingerprint density at radius 3 is 2.30 bits per heavy atom. The van der Waals surface area contributed by atoms with Crippen molar-refractivity contribution in [3.63, 3.8) is 0 Å². The molecule has 0 unspecified atom stereocenters. The quantitative estimate of drug-likeness (QED) is 0.443. The van der Waals surface area contributed by atoms with Gasteiger partial charge in [-0.3, -0.25) is 9.78 Å². The average molecular weight is 476 g/mol. The van der Waals surface area contributed by atoms with Crippen molar-refractivity contribution in [3.8, 4) is 0 Å². The van der Waals surface area contributed by atoms with Crippen LogP contribution in [0.25, 0.3) is 0 Å². The molecule has 0 N–H and O–H groups in total. The molecule has 172 valence electrons. The van der Waals surface area contributed by atoms with Crippen LogP contribution in [0.5, 0.6) is 0 Å². The minimum absolute atomic E-state index is 0.0623. The van der Waals surface area contributed by atoms with Gasteiger partial charge in [0.05, 0.1) is 16.5 Å². The van der Waals surface area contributed by atoms with Crippen LogP contribution in [0.2, 0.25) is 5.02 Å². The fraction of sp³-hybridized carbons (Fsp3) is 0.292. The highest BCUT2D eigenvalue weighted by atomic mass is 35.5. The van der Waals surface area contributed by atoms with E-state index in [-0.39, 0.29) is 22.7 Å². The van der Waals surface area contributed by atoms with E-state index in [0.717, 1.165) is 23.4 Å². The van der Waals surface area contributed by atoms with Gasteiger partial charge in [0.2, 0.25) is 0 Å². The lowest BCUT2D eigenvalue weighted by Gasteiger charge is -2.33. The summed E-state index contributed by atoms with van der Waals surface area (Å²) in [6, 6.07) is 14.0. The molecule has 0 aliphatic carbocycles. The Morgan fingerprint density at radius 1 is 1.06 bits per heavy atom. The Balaban J connectivity index is 1.43. The van der Waals surface area contributed by atoms with Crippen LogP contribution in [0.15, 0.2) is 67.1 Å². The van der Waals surface area contributed by atoms with E-state index < -0.39 is 17.8 Å². The van der Waals surface area contributed by atoms with Crippen molar-refractivity contribution in [2.45, 2.75) is 25.1 Å². The maximum absolute atomic E-state index is 13.0. The van der Waals surface area contributed by atoms with Gasteiger partial charge in [-0.15, -0.1) is 0 Å². The first kappa shape index (κ1) is 23.0. The van der Waals surface area contributed by atoms with E-state index in [4.69, 9.17) is 16.3 Å². The third kappa shape index (κ3) is 5.45. The second-order valence-corrected chi connectivity index (χ2v) is 8.20. The number of halogens is 4. The third-order valence-corrected chi connectivity index (χ3v) is 5.90. The number of carbonyl (C=O) groups is 1. The predicted molar refractivity (Wildman–Crippen MR) is 118 cm³/mol. The van der Waals surface area contributed by atoms with Gasteiger partial charge < -0.3 is 9.64 Å². The molecular formula is C24H21ClF3N3O2. The standard InChI is InChI=1S/C24H21ClF3N3O2/c25-20-14-19(24(26,27)28)15-30-22(20)31-12-8-18(9-13-31)23(32)33-21(16-4-2-1-3-5-16)17-6-10-29-11-7-17/h1-7,10-11,14-15,18,21H,8-9,12-13H2/t21-/m1/s1. The largest absolute Gasteiger partial charge is 0.452 e. The molecule has 1 aliphatic heterocycles. The molecule has 1 aliphatic rings. The zero-order valence-corrected chi connectivity index (χ0v) is 18.3. The zero-order chi connectivity index (χ0) is 23.4. The van der Waals surface area contributed by atoms with E-state index in [1.807, 2.05) is 42.5 Å². The second kappa shape index (κ2) is 9.79. The van der Waals surface area contributed by atoms with E-state index in [1.54, 1.807) is 17.3 Å². The van der Waals surface area contributed by atoms with Crippen molar-refractivity contribution in [1.82, 2.24) is 9.97 Å². The van der Waals surface area contributed by atoms with Crippen LogP contribution in [-0.4, -0.2) is 29.0 Å². The van der Waals surface area contributed by atoms with Crippen molar-refractivity contribution >= 4 is 23.4 Å². The van der Waals surface area contributed by atoms with Gasteiger partial charge in [-0.2, -0.15) is 13.2 Å². The van der Waals surface area contributed by atoms with Gasteiger partial charge >= 0.3 is 12.1 Å². The molecule has 0 saturated carbocycles. The summed E-state index contributed by atoms with van der Waals surface area (Å²) < 4.78 is 44.5. The first-order valence-corrected chi connectivity index (χ1v) is 10.8. The lowest BCUT2D eigenvalue weighted by Crippen LogP contribution is -2.38. The zero-order valence-electron chi connectivity index (χ0n) is 17.5. The molecule has 2 aromatic heterocycles. The number of benzene rings is 1. The molecule has 1 fully saturated rings. The SMILES string of the molecule is O=C(O[C@H](c1ccccc1)c1ccncc1)C1CCN(c2ncc(C(F)(F)F)cc2Cl)CC1. The van der Waals surface area contributed by atoms with Crippen LogP contribution in [-0.2, 0) is 15.7 Å². The molecule has 1 aromatic carbocycles. The molecular weight excluding hydrogens is 455 g/mol. The number of anilines is 1. The van der Waals surface area contributed by atoms with E-state index in [9.17, 15) is 18.0 Å². The van der Waals surface area contributed by atoms with Crippen molar-refractivity contribution < 1.29 is 22.7 Å². The van der Waals surface area contributed by atoms with Gasteiger partial charge in [-0.25, -0.2) is 4.98 Å². The molecule has 1 saturated heterocycles. The molecule has 3 aromatic rings. The first-order chi connectivity index (χ1) is 15.8. The predicted octanol–water partition coefficient (Wildman–Crippen LogP) is 5.70. The lowest BCUT2D eigenvalue weighted by atomic mass is 9.96. The average Bonchev–Trinajstić information content (AvgIpc) is 2.83. The lowest BCUT2D eigenvalue weighted by molar-refractivity contribution is -0.153. The highest BCUT2D eigenvalue weighted by Gasteiger charge is 2.33. The molecule has 9 heteroatoms. The minimum Gasteiger partial charge on any atom is -0.452 e. The molecule has 0 spiro atoms. The molecule has 4 rings (SSSR count). The number of aromatic nitrogens is 2. The molecule has 33 heavy (non-hydrogen) atoms. The van der Waals surface area contributed by atoms with Crippen LogP contribution in [0, 0.1) is 5.92 Å². The molecule has 1 atom stereocenters. The summed E-state index contributed by atoms with van der Waals surface area (Å²) >= 11 is 6.07. The van der Waals surface area contributed by atoms with E-state index in [1.165, 1.54) is 0 Å². The number of piperidine rings is 1. The second-order valence-electron chi connectivity index (χ2n) is 7.80. The van der Waals surface area contributed by atoms with Crippen LogP contribution >= 0.6 is 11.6 Å². The van der Waals surface area contributed by atoms with Crippen LogP contribution in [0.4, 0.5) is 19.0 Å². The summed E-state index contributed by atoms with van der Waals surface area (Å²) in [5, 5.41) is -0.0623. The van der Waals surface area contributed by atoms with Gasteiger partial charge in [0.25, 0.3) is 0 Å². The maximum Gasteiger partial charge on any atom is 0.417 e. The van der Waals surface area contributed by atoms with Crippen LogP contribution in [0.3, 0.4) is 0 Å². The number of pyridine rings is 2. The number of ether oxygens (including phenoxy) is 1. The molecule has 0 radical (unpaired) electrons. The Labute approximate surface area is 194 Å². The van der Waals surface area contributed by atoms with Crippen LogP contribution in [0.1, 0.15) is 35.6 Å². The number of hydrogen-bond donors (Lipinski definition) is 0. The van der Waals surface area contributed by atoms with Gasteiger partial charge in [0.1, 0.15) is 5.82 Å². The van der Waals surface area contributed by atoms with E-state index in [0.29, 0.717) is 25.9 Å². The fourth-order valence-electron chi connectivity index (χ4n) is 3.85. The fourth-order valence-corrected chi connectivity index (χ4v) is 4.14. The van der Waals surface area contributed by atoms with Gasteiger partial charge in [0.15, 0.2) is 6.10 Å². The van der Waals surface area contributed by atoms with Crippen molar-refractivity contribution in [3.05, 3.63) is 88.8 Å². The van der Waals surface area contributed by atoms with Gasteiger partial charge in [-0.05, 0) is 36.6 Å². The normalized spacial score (nSPS) is 15.8. The Hall–Kier alpha value is -3.13.